The zero-order valence-electron chi connectivity index (χ0n) is 17.1. The second-order valence-corrected chi connectivity index (χ2v) is 9.27. The third-order valence-electron chi connectivity index (χ3n) is 6.05. The zero-order valence-corrected chi connectivity index (χ0v) is 18.0. The average Bonchev–Trinajstić information content (AvgIpc) is 3.37. The maximum absolute atomic E-state index is 12.6. The molecular formula is C19H32N6O2S. The zero-order chi connectivity index (χ0) is 20.1. The standard InChI is InChI=1S/C19H32N6O2S/c1-13(2)14(3)20-18(27)15-8-10-24(11-9-15)17(26)12-28-19-21-22-23-25(19)16-6-4-5-7-16/h13-16H,4-12H2,1-3H3,(H,20,27). The number of amides is 2. The maximum atomic E-state index is 12.6. The van der Waals surface area contributed by atoms with Gasteiger partial charge in [0.1, 0.15) is 0 Å². The first-order valence-corrected chi connectivity index (χ1v) is 11.4. The van der Waals surface area contributed by atoms with E-state index >= 15 is 0 Å². The van der Waals surface area contributed by atoms with Crippen molar-refractivity contribution in [3.05, 3.63) is 0 Å². The number of piperidine rings is 1. The van der Waals surface area contributed by atoms with Gasteiger partial charge in [0.2, 0.25) is 17.0 Å². The Morgan fingerprint density at radius 3 is 2.46 bits per heavy atom. The van der Waals surface area contributed by atoms with Crippen LogP contribution in [0, 0.1) is 11.8 Å². The molecule has 2 aliphatic rings. The number of hydrogen-bond acceptors (Lipinski definition) is 6. The van der Waals surface area contributed by atoms with Gasteiger partial charge in [-0.25, -0.2) is 4.68 Å². The number of likely N-dealkylation sites (tertiary alicyclic amines) is 1. The summed E-state index contributed by atoms with van der Waals surface area (Å²) in [6, 6.07) is 0.546. The molecule has 1 atom stereocenters. The van der Waals surface area contributed by atoms with E-state index in [9.17, 15) is 9.59 Å². The highest BCUT2D eigenvalue weighted by molar-refractivity contribution is 7.99. The van der Waals surface area contributed by atoms with Gasteiger partial charge in [-0.15, -0.1) is 5.10 Å². The molecule has 2 amide bonds. The molecule has 1 aliphatic carbocycles. The first-order chi connectivity index (χ1) is 13.5. The average molecular weight is 409 g/mol. The smallest absolute Gasteiger partial charge is 0.233 e. The van der Waals surface area contributed by atoms with Crippen LogP contribution in [0.1, 0.15) is 65.3 Å². The van der Waals surface area contributed by atoms with Crippen molar-refractivity contribution in [2.45, 2.75) is 76.5 Å². The molecule has 0 radical (unpaired) electrons. The van der Waals surface area contributed by atoms with Crippen molar-refractivity contribution in [3.63, 3.8) is 0 Å². The van der Waals surface area contributed by atoms with Gasteiger partial charge in [0.15, 0.2) is 0 Å². The normalized spacial score (nSPS) is 19.9. The first kappa shape index (κ1) is 21.1. The molecule has 1 unspecified atom stereocenters. The van der Waals surface area contributed by atoms with Gasteiger partial charge in [0, 0.05) is 25.0 Å². The molecule has 1 aromatic heterocycles. The van der Waals surface area contributed by atoms with Crippen LogP contribution in [0.2, 0.25) is 0 Å². The molecular weight excluding hydrogens is 376 g/mol. The van der Waals surface area contributed by atoms with E-state index in [2.05, 4.69) is 34.7 Å². The summed E-state index contributed by atoms with van der Waals surface area (Å²) in [4.78, 5) is 26.9. The second-order valence-electron chi connectivity index (χ2n) is 8.33. The summed E-state index contributed by atoms with van der Waals surface area (Å²) in [5, 5.41) is 15.8. The number of aromatic nitrogens is 4. The summed E-state index contributed by atoms with van der Waals surface area (Å²) in [5.41, 5.74) is 0. The fraction of sp³-hybridized carbons (Fsp3) is 0.842. The molecule has 1 aromatic rings. The number of nitrogens with zero attached hydrogens (tertiary/aromatic N) is 5. The Hall–Kier alpha value is -1.64. The number of thioether (sulfide) groups is 1. The fourth-order valence-corrected chi connectivity index (χ4v) is 4.62. The monoisotopic (exact) mass is 408 g/mol. The molecule has 1 N–H and O–H groups in total. The van der Waals surface area contributed by atoms with Crippen molar-refractivity contribution in [1.29, 1.82) is 0 Å². The minimum absolute atomic E-state index is 0.00701. The van der Waals surface area contributed by atoms with Gasteiger partial charge >= 0.3 is 0 Å². The van der Waals surface area contributed by atoms with Crippen LogP contribution in [0.25, 0.3) is 0 Å². The van der Waals surface area contributed by atoms with Crippen LogP contribution in [0.3, 0.4) is 0 Å². The van der Waals surface area contributed by atoms with E-state index in [0.717, 1.165) is 30.8 Å². The minimum atomic E-state index is 0.00701. The molecule has 9 heteroatoms. The number of rotatable bonds is 7. The van der Waals surface area contributed by atoms with Crippen LogP contribution in [0.4, 0.5) is 0 Å². The molecule has 0 spiro atoms. The fourth-order valence-electron chi connectivity index (χ4n) is 3.78. The Labute approximate surface area is 171 Å². The van der Waals surface area contributed by atoms with Crippen molar-refractivity contribution in [3.8, 4) is 0 Å². The summed E-state index contributed by atoms with van der Waals surface area (Å²) in [7, 11) is 0. The van der Waals surface area contributed by atoms with E-state index in [4.69, 9.17) is 0 Å². The van der Waals surface area contributed by atoms with Gasteiger partial charge in [0.05, 0.1) is 11.8 Å². The van der Waals surface area contributed by atoms with Gasteiger partial charge in [-0.3, -0.25) is 9.59 Å². The lowest BCUT2D eigenvalue weighted by molar-refractivity contribution is -0.134. The predicted molar refractivity (Wildman–Crippen MR) is 108 cm³/mol. The summed E-state index contributed by atoms with van der Waals surface area (Å²) >= 11 is 1.42. The van der Waals surface area contributed by atoms with Crippen LogP contribution in [-0.4, -0.2) is 61.8 Å². The van der Waals surface area contributed by atoms with E-state index in [1.165, 1.54) is 24.6 Å². The van der Waals surface area contributed by atoms with Crippen LogP contribution in [-0.2, 0) is 9.59 Å². The number of nitrogens with one attached hydrogen (secondary N) is 1. The Bertz CT molecular complexity index is 665. The highest BCUT2D eigenvalue weighted by atomic mass is 32.2. The number of tetrazole rings is 1. The lowest BCUT2D eigenvalue weighted by Crippen LogP contribution is -2.46. The highest BCUT2D eigenvalue weighted by Crippen LogP contribution is 2.31. The summed E-state index contributed by atoms with van der Waals surface area (Å²) in [6.45, 7) is 7.53. The van der Waals surface area contributed by atoms with Crippen molar-refractivity contribution in [2.24, 2.45) is 11.8 Å². The van der Waals surface area contributed by atoms with Gasteiger partial charge in [-0.2, -0.15) is 0 Å². The third-order valence-corrected chi connectivity index (χ3v) is 6.96. The summed E-state index contributed by atoms with van der Waals surface area (Å²) in [5.74, 6) is 0.990. The molecule has 8 nitrogen and oxygen atoms in total. The number of carbonyl (C=O) groups excluding carboxylic acids is 2. The molecule has 28 heavy (non-hydrogen) atoms. The van der Waals surface area contributed by atoms with Crippen LogP contribution < -0.4 is 5.32 Å². The molecule has 156 valence electrons. The molecule has 1 saturated heterocycles. The van der Waals surface area contributed by atoms with Crippen LogP contribution in [0.5, 0.6) is 0 Å². The Kier molecular flexibility index (Phi) is 7.31. The number of hydrogen-bond donors (Lipinski definition) is 1. The molecule has 1 saturated carbocycles. The molecule has 2 heterocycles. The molecule has 2 fully saturated rings. The molecule has 0 aromatic carbocycles. The van der Waals surface area contributed by atoms with E-state index in [0.29, 0.717) is 30.8 Å². The largest absolute Gasteiger partial charge is 0.353 e. The van der Waals surface area contributed by atoms with Crippen molar-refractivity contribution in [1.82, 2.24) is 30.4 Å². The van der Waals surface area contributed by atoms with Crippen molar-refractivity contribution >= 4 is 23.6 Å². The van der Waals surface area contributed by atoms with E-state index in [1.807, 2.05) is 16.5 Å². The number of carbonyl (C=O) groups is 2. The maximum Gasteiger partial charge on any atom is 0.233 e. The van der Waals surface area contributed by atoms with E-state index < -0.39 is 0 Å². The van der Waals surface area contributed by atoms with Crippen LogP contribution >= 0.6 is 11.8 Å². The van der Waals surface area contributed by atoms with E-state index in [-0.39, 0.29) is 23.8 Å². The third kappa shape index (κ3) is 5.24. The molecule has 0 bridgehead atoms. The SMILES string of the molecule is CC(C)C(C)NC(=O)C1CCN(C(=O)CSc2nnnn2C2CCCC2)CC1. The van der Waals surface area contributed by atoms with Crippen molar-refractivity contribution < 1.29 is 9.59 Å². The second kappa shape index (κ2) is 9.71. The van der Waals surface area contributed by atoms with Crippen molar-refractivity contribution in [2.75, 3.05) is 18.8 Å². The van der Waals surface area contributed by atoms with Gasteiger partial charge in [-0.05, 0) is 49.0 Å². The predicted octanol–water partition coefficient (Wildman–Crippen LogP) is 2.28. The van der Waals surface area contributed by atoms with Gasteiger partial charge in [-0.1, -0.05) is 38.5 Å². The summed E-state index contributed by atoms with van der Waals surface area (Å²) in [6.07, 6.45) is 6.10. The Morgan fingerprint density at radius 1 is 1.14 bits per heavy atom. The summed E-state index contributed by atoms with van der Waals surface area (Å²) < 4.78 is 1.89. The topological polar surface area (TPSA) is 93.0 Å². The Balaban J connectivity index is 1.43. The quantitative estimate of drug-likeness (QED) is 0.696. The molecule has 3 rings (SSSR count). The van der Waals surface area contributed by atoms with Gasteiger partial charge < -0.3 is 10.2 Å². The highest BCUT2D eigenvalue weighted by Gasteiger charge is 2.29. The Morgan fingerprint density at radius 2 is 1.82 bits per heavy atom. The lowest BCUT2D eigenvalue weighted by atomic mass is 9.95. The van der Waals surface area contributed by atoms with Crippen LogP contribution in [0.15, 0.2) is 5.16 Å². The van der Waals surface area contributed by atoms with E-state index in [1.54, 1.807) is 0 Å². The first-order valence-electron chi connectivity index (χ1n) is 10.4. The molecule has 1 aliphatic heterocycles. The lowest BCUT2D eigenvalue weighted by Gasteiger charge is -2.32. The minimum Gasteiger partial charge on any atom is -0.353 e. The van der Waals surface area contributed by atoms with Gasteiger partial charge in [0.25, 0.3) is 0 Å².